The summed E-state index contributed by atoms with van der Waals surface area (Å²) in [5.74, 6) is 4.21. The Kier molecular flexibility index (Phi) is 8.23. The van der Waals surface area contributed by atoms with Crippen molar-refractivity contribution in [1.82, 2.24) is 19.1 Å². The number of hydrogen-bond acceptors (Lipinski definition) is 6. The first kappa shape index (κ1) is 37.0. The van der Waals surface area contributed by atoms with Crippen molar-refractivity contribution >= 4 is 50.5 Å². The van der Waals surface area contributed by atoms with Gasteiger partial charge in [0.2, 0.25) is 0 Å². The highest BCUT2D eigenvalue weighted by Crippen LogP contribution is 2.51. The van der Waals surface area contributed by atoms with Crippen molar-refractivity contribution in [1.29, 1.82) is 0 Å². The molecule has 65 heavy (non-hydrogen) atoms. The number of benzene rings is 8. The predicted octanol–water partition coefficient (Wildman–Crippen LogP) is 14.1. The molecular formula is C57H40N6O2. The van der Waals surface area contributed by atoms with Gasteiger partial charge in [0, 0.05) is 33.9 Å². The van der Waals surface area contributed by atoms with E-state index in [2.05, 4.69) is 190 Å². The van der Waals surface area contributed by atoms with Crippen LogP contribution in [0.2, 0.25) is 0 Å². The van der Waals surface area contributed by atoms with E-state index in [1.54, 1.807) is 0 Å². The zero-order chi connectivity index (χ0) is 43.1. The van der Waals surface area contributed by atoms with Crippen LogP contribution in [0.4, 0.5) is 28.4 Å². The molecule has 2 aromatic heterocycles. The van der Waals surface area contributed by atoms with Gasteiger partial charge in [0.05, 0.1) is 39.1 Å². The third-order valence-corrected chi connectivity index (χ3v) is 12.9. The first-order valence-electron chi connectivity index (χ1n) is 21.9. The molecule has 0 fully saturated rings. The van der Waals surface area contributed by atoms with Gasteiger partial charge in [0.25, 0.3) is 0 Å². The van der Waals surface area contributed by atoms with E-state index < -0.39 is 5.54 Å². The van der Waals surface area contributed by atoms with Crippen LogP contribution in [-0.4, -0.2) is 30.7 Å². The van der Waals surface area contributed by atoms with Crippen LogP contribution < -0.4 is 19.3 Å². The fourth-order valence-corrected chi connectivity index (χ4v) is 9.84. The molecule has 3 aliphatic rings. The Bertz CT molecular complexity index is 3470. The van der Waals surface area contributed by atoms with Crippen LogP contribution in [-0.2, 0) is 0 Å². The molecule has 10 aromatic rings. The highest BCUT2D eigenvalue weighted by molar-refractivity contribution is 5.97. The third kappa shape index (κ3) is 5.84. The lowest BCUT2D eigenvalue weighted by molar-refractivity contribution is 0.170. The van der Waals surface area contributed by atoms with Crippen molar-refractivity contribution < 1.29 is 9.47 Å². The molecule has 2 unspecified atom stereocenters. The normalized spacial score (nSPS) is 17.0. The van der Waals surface area contributed by atoms with Gasteiger partial charge < -0.3 is 19.3 Å². The Morgan fingerprint density at radius 1 is 0.462 bits per heavy atom. The standard InChI is InChI=1S/C57H40N6O2/c1-57-35-15-14-26-54(57)65-53-25-13-10-22-48(53)63(57)43-33-29-39(30-34-43)56-59-45-37-49-44(36-50(45)62(56)41-18-6-3-7-19-41)58-55(61(49)40-16-4-2-5-17-40)38-27-31-42(32-28-38)60-46-20-8-11-23-51(46)64-52-24-12-9-21-47(52)60/h2-37,54H,1H3. The maximum atomic E-state index is 6.52. The number of allylic oxidation sites excluding steroid dienone is 2. The van der Waals surface area contributed by atoms with Crippen LogP contribution >= 0.6 is 0 Å². The minimum absolute atomic E-state index is 0.129. The minimum atomic E-state index is -0.407. The lowest BCUT2D eigenvalue weighted by Gasteiger charge is -2.49. The van der Waals surface area contributed by atoms with Crippen LogP contribution in [0.5, 0.6) is 17.2 Å². The molecule has 2 atom stereocenters. The molecule has 2 aliphatic heterocycles. The highest BCUT2D eigenvalue weighted by Gasteiger charge is 2.45. The molecule has 0 N–H and O–H groups in total. The fourth-order valence-electron chi connectivity index (χ4n) is 9.84. The van der Waals surface area contributed by atoms with E-state index in [-0.39, 0.29) is 6.10 Å². The molecule has 13 rings (SSSR count). The summed E-state index contributed by atoms with van der Waals surface area (Å²) in [4.78, 5) is 15.5. The number of anilines is 5. The molecular weight excluding hydrogens is 801 g/mol. The quantitative estimate of drug-likeness (QED) is 0.166. The van der Waals surface area contributed by atoms with E-state index in [1.165, 1.54) is 0 Å². The Labute approximate surface area is 375 Å². The van der Waals surface area contributed by atoms with Crippen LogP contribution in [0.1, 0.15) is 6.92 Å². The Balaban J connectivity index is 0.937. The maximum absolute atomic E-state index is 6.52. The molecule has 8 nitrogen and oxygen atoms in total. The molecule has 0 amide bonds. The van der Waals surface area contributed by atoms with Crippen LogP contribution in [0, 0.1) is 0 Å². The summed E-state index contributed by atoms with van der Waals surface area (Å²) < 4.78 is 17.3. The Morgan fingerprint density at radius 3 is 1.49 bits per heavy atom. The van der Waals surface area contributed by atoms with Crippen molar-refractivity contribution in [2.24, 2.45) is 0 Å². The van der Waals surface area contributed by atoms with E-state index in [0.717, 1.165) is 102 Å². The zero-order valence-electron chi connectivity index (χ0n) is 35.4. The summed E-state index contributed by atoms with van der Waals surface area (Å²) >= 11 is 0. The molecule has 4 heterocycles. The van der Waals surface area contributed by atoms with Gasteiger partial charge in [-0.3, -0.25) is 9.13 Å². The van der Waals surface area contributed by atoms with Crippen molar-refractivity contribution in [3.8, 4) is 51.4 Å². The fraction of sp³-hybridized carbons (Fsp3) is 0.0526. The van der Waals surface area contributed by atoms with E-state index >= 15 is 0 Å². The van der Waals surface area contributed by atoms with E-state index in [4.69, 9.17) is 19.4 Å². The average molecular weight is 841 g/mol. The van der Waals surface area contributed by atoms with Crippen LogP contribution in [0.25, 0.3) is 56.2 Å². The average Bonchev–Trinajstić information content (AvgIpc) is 3.93. The Morgan fingerprint density at radius 2 is 0.938 bits per heavy atom. The second-order valence-electron chi connectivity index (χ2n) is 16.8. The van der Waals surface area contributed by atoms with Gasteiger partial charge in [-0.2, -0.15) is 0 Å². The second kappa shape index (κ2) is 14.5. The Hall–Kier alpha value is -8.62. The summed E-state index contributed by atoms with van der Waals surface area (Å²) in [5.41, 5.74) is 12.5. The predicted molar refractivity (Wildman–Crippen MR) is 261 cm³/mol. The van der Waals surface area contributed by atoms with Crippen LogP contribution in [0.15, 0.2) is 218 Å². The SMILES string of the molecule is CC12C=CC=CC1Oc1ccccc1N2c1ccc(-c2nc3cc4c(cc3n2-c2ccccc2)nc(-c2ccc(N3c5ccccc5Oc5ccccc53)cc2)n4-c2ccccc2)cc1. The van der Waals surface area contributed by atoms with Crippen molar-refractivity contribution in [2.75, 3.05) is 9.80 Å². The highest BCUT2D eigenvalue weighted by atomic mass is 16.5. The van der Waals surface area contributed by atoms with E-state index in [9.17, 15) is 0 Å². The molecule has 8 aromatic carbocycles. The van der Waals surface area contributed by atoms with E-state index in [0.29, 0.717) is 0 Å². The number of nitrogens with zero attached hydrogens (tertiary/aromatic N) is 6. The van der Waals surface area contributed by atoms with Crippen LogP contribution in [0.3, 0.4) is 0 Å². The number of ether oxygens (including phenoxy) is 2. The number of rotatable bonds is 6. The number of hydrogen-bond donors (Lipinski definition) is 0. The maximum Gasteiger partial charge on any atom is 0.151 e. The first-order valence-corrected chi connectivity index (χ1v) is 21.9. The van der Waals surface area contributed by atoms with Gasteiger partial charge in [-0.1, -0.05) is 91.0 Å². The number of fused-ring (bicyclic) bond motifs is 6. The molecule has 0 saturated heterocycles. The summed E-state index contributed by atoms with van der Waals surface area (Å²) in [5, 5.41) is 0. The molecule has 1 aliphatic carbocycles. The van der Waals surface area contributed by atoms with Gasteiger partial charge in [-0.05, 0) is 134 Å². The van der Waals surface area contributed by atoms with Gasteiger partial charge in [-0.25, -0.2) is 9.97 Å². The second-order valence-corrected chi connectivity index (χ2v) is 16.8. The molecule has 0 spiro atoms. The topological polar surface area (TPSA) is 60.6 Å². The molecule has 0 saturated carbocycles. The van der Waals surface area contributed by atoms with Gasteiger partial charge in [0.15, 0.2) is 11.5 Å². The zero-order valence-corrected chi connectivity index (χ0v) is 35.4. The van der Waals surface area contributed by atoms with Gasteiger partial charge in [-0.15, -0.1) is 0 Å². The molecule has 310 valence electrons. The third-order valence-electron chi connectivity index (χ3n) is 12.9. The minimum Gasteiger partial charge on any atom is -0.481 e. The monoisotopic (exact) mass is 840 g/mol. The molecule has 0 bridgehead atoms. The van der Waals surface area contributed by atoms with Gasteiger partial charge in [0.1, 0.15) is 29.0 Å². The molecule has 0 radical (unpaired) electrons. The first-order chi connectivity index (χ1) is 32.1. The van der Waals surface area contributed by atoms with Crippen molar-refractivity contribution in [2.45, 2.75) is 18.6 Å². The number of para-hydroxylation sites is 8. The largest absolute Gasteiger partial charge is 0.481 e. The lowest BCUT2D eigenvalue weighted by atomic mass is 9.85. The summed E-state index contributed by atoms with van der Waals surface area (Å²) in [6.45, 7) is 2.24. The van der Waals surface area contributed by atoms with Crippen molar-refractivity contribution in [3.63, 3.8) is 0 Å². The molecule has 8 heteroatoms. The van der Waals surface area contributed by atoms with Crippen molar-refractivity contribution in [3.05, 3.63) is 218 Å². The summed E-state index contributed by atoms with van der Waals surface area (Å²) in [6, 6.07) is 67.4. The van der Waals surface area contributed by atoms with E-state index in [1.807, 2.05) is 54.6 Å². The van der Waals surface area contributed by atoms with Gasteiger partial charge >= 0.3 is 0 Å². The number of aromatic nitrogens is 4. The lowest BCUT2D eigenvalue weighted by Crippen LogP contribution is -2.56. The summed E-state index contributed by atoms with van der Waals surface area (Å²) in [6.07, 6.45) is 8.43. The smallest absolute Gasteiger partial charge is 0.151 e. The summed E-state index contributed by atoms with van der Waals surface area (Å²) in [7, 11) is 0. The number of imidazole rings is 2.